The van der Waals surface area contributed by atoms with Crippen molar-refractivity contribution in [2.45, 2.75) is 6.04 Å². The second kappa shape index (κ2) is 6.35. The van der Waals surface area contributed by atoms with Crippen molar-refractivity contribution in [3.05, 3.63) is 59.3 Å². The molecule has 1 atom stereocenters. The van der Waals surface area contributed by atoms with Crippen LogP contribution in [0, 0.1) is 0 Å². The molecule has 1 aromatic heterocycles. The third kappa shape index (κ3) is 2.59. The van der Waals surface area contributed by atoms with Gasteiger partial charge in [0.15, 0.2) is 11.5 Å². The van der Waals surface area contributed by atoms with Crippen LogP contribution >= 0.6 is 0 Å². The van der Waals surface area contributed by atoms with Crippen molar-refractivity contribution in [1.82, 2.24) is 15.1 Å². The van der Waals surface area contributed by atoms with Crippen LogP contribution in [-0.2, 0) is 0 Å². The zero-order valence-electron chi connectivity index (χ0n) is 15.2. The summed E-state index contributed by atoms with van der Waals surface area (Å²) in [6.45, 7) is 0. The summed E-state index contributed by atoms with van der Waals surface area (Å²) < 4.78 is 10.5. The molecule has 0 spiro atoms. The number of benzene rings is 2. The van der Waals surface area contributed by atoms with Crippen molar-refractivity contribution < 1.29 is 19.4 Å². The minimum absolute atomic E-state index is 0.0497. The standard InChI is InChI=1S/C20H19N3O4/c1-23-19(12-7-8-14(24)15(10-12)27-3)16-17(21-22-18(16)20(23)25)11-5-4-6-13(9-11)26-2/h4-10,19,24H,1-3H3,(H,21,22)/t19-/m0/s1. The Kier molecular flexibility index (Phi) is 3.99. The molecule has 2 heterocycles. The molecule has 3 aromatic rings. The van der Waals surface area contributed by atoms with E-state index in [9.17, 15) is 9.90 Å². The Morgan fingerprint density at radius 1 is 1.15 bits per heavy atom. The lowest BCUT2D eigenvalue weighted by Crippen LogP contribution is -2.24. The molecule has 1 aliphatic rings. The molecule has 0 aliphatic carbocycles. The number of aromatic amines is 1. The van der Waals surface area contributed by atoms with Gasteiger partial charge in [-0.05, 0) is 29.8 Å². The van der Waals surface area contributed by atoms with Crippen molar-refractivity contribution in [3.8, 4) is 28.5 Å². The number of methoxy groups -OCH3 is 2. The van der Waals surface area contributed by atoms with E-state index in [4.69, 9.17) is 9.47 Å². The third-order valence-electron chi connectivity index (χ3n) is 4.86. The topological polar surface area (TPSA) is 87.7 Å². The summed E-state index contributed by atoms with van der Waals surface area (Å²) in [6.07, 6.45) is 0. The van der Waals surface area contributed by atoms with Gasteiger partial charge in [0.1, 0.15) is 11.4 Å². The molecule has 0 bridgehead atoms. The van der Waals surface area contributed by atoms with Gasteiger partial charge < -0.3 is 19.5 Å². The molecule has 7 heteroatoms. The van der Waals surface area contributed by atoms with E-state index in [1.54, 1.807) is 37.3 Å². The molecule has 2 aromatic carbocycles. The molecule has 1 aliphatic heterocycles. The van der Waals surface area contributed by atoms with E-state index in [-0.39, 0.29) is 17.7 Å². The van der Waals surface area contributed by atoms with Gasteiger partial charge in [0.05, 0.1) is 26.0 Å². The molecule has 27 heavy (non-hydrogen) atoms. The Labute approximate surface area is 156 Å². The third-order valence-corrected chi connectivity index (χ3v) is 4.86. The van der Waals surface area contributed by atoms with Crippen molar-refractivity contribution in [1.29, 1.82) is 0 Å². The number of carbonyl (C=O) groups is 1. The fourth-order valence-electron chi connectivity index (χ4n) is 3.51. The fraction of sp³-hybridized carbons (Fsp3) is 0.200. The zero-order valence-corrected chi connectivity index (χ0v) is 15.2. The molecule has 1 amide bonds. The van der Waals surface area contributed by atoms with Crippen LogP contribution in [0.4, 0.5) is 0 Å². The molecule has 138 valence electrons. The van der Waals surface area contributed by atoms with Gasteiger partial charge in [-0.1, -0.05) is 18.2 Å². The highest BCUT2D eigenvalue weighted by Crippen LogP contribution is 2.43. The Bertz CT molecular complexity index is 1030. The van der Waals surface area contributed by atoms with E-state index in [2.05, 4.69) is 10.2 Å². The Balaban J connectivity index is 1.88. The van der Waals surface area contributed by atoms with Gasteiger partial charge in [0.2, 0.25) is 0 Å². The van der Waals surface area contributed by atoms with E-state index in [1.807, 2.05) is 24.3 Å². The number of aromatic nitrogens is 2. The van der Waals surface area contributed by atoms with E-state index in [0.717, 1.165) is 16.7 Å². The normalized spacial score (nSPS) is 15.7. The number of hydrogen-bond donors (Lipinski definition) is 2. The molecule has 4 rings (SSSR count). The van der Waals surface area contributed by atoms with Crippen LogP contribution in [0.3, 0.4) is 0 Å². The maximum Gasteiger partial charge on any atom is 0.272 e. The van der Waals surface area contributed by atoms with Crippen LogP contribution in [0.1, 0.15) is 27.7 Å². The van der Waals surface area contributed by atoms with Gasteiger partial charge in [-0.15, -0.1) is 0 Å². The van der Waals surface area contributed by atoms with Gasteiger partial charge in [-0.2, -0.15) is 5.10 Å². The molecule has 0 unspecified atom stereocenters. The molecule has 0 radical (unpaired) electrons. The summed E-state index contributed by atoms with van der Waals surface area (Å²) in [5, 5.41) is 17.2. The Morgan fingerprint density at radius 3 is 2.70 bits per heavy atom. The first-order valence-electron chi connectivity index (χ1n) is 8.42. The number of rotatable bonds is 4. The lowest BCUT2D eigenvalue weighted by atomic mass is 9.96. The van der Waals surface area contributed by atoms with Gasteiger partial charge in [0.25, 0.3) is 5.91 Å². The number of aromatic hydroxyl groups is 1. The van der Waals surface area contributed by atoms with Crippen LogP contribution in [0.2, 0.25) is 0 Å². The monoisotopic (exact) mass is 365 g/mol. The van der Waals surface area contributed by atoms with E-state index in [0.29, 0.717) is 22.9 Å². The molecule has 0 saturated heterocycles. The molecular formula is C20H19N3O4. The fourth-order valence-corrected chi connectivity index (χ4v) is 3.51. The summed E-state index contributed by atoms with van der Waals surface area (Å²) in [5.41, 5.74) is 3.63. The van der Waals surface area contributed by atoms with E-state index in [1.165, 1.54) is 7.11 Å². The maximum absolute atomic E-state index is 12.7. The Morgan fingerprint density at radius 2 is 1.96 bits per heavy atom. The average molecular weight is 365 g/mol. The molecule has 0 saturated carbocycles. The number of ether oxygens (including phenoxy) is 2. The van der Waals surface area contributed by atoms with Gasteiger partial charge in [0, 0.05) is 18.2 Å². The van der Waals surface area contributed by atoms with Crippen molar-refractivity contribution in [2.75, 3.05) is 21.3 Å². The lowest BCUT2D eigenvalue weighted by molar-refractivity contribution is 0.0787. The average Bonchev–Trinajstić information content (AvgIpc) is 3.22. The van der Waals surface area contributed by atoms with Gasteiger partial charge in [-0.25, -0.2) is 0 Å². The summed E-state index contributed by atoms with van der Waals surface area (Å²) >= 11 is 0. The first-order chi connectivity index (χ1) is 13.0. The number of nitrogens with one attached hydrogen (secondary N) is 1. The van der Waals surface area contributed by atoms with Gasteiger partial charge >= 0.3 is 0 Å². The summed E-state index contributed by atoms with van der Waals surface area (Å²) in [4.78, 5) is 14.4. The highest BCUT2D eigenvalue weighted by atomic mass is 16.5. The number of phenolic OH excluding ortho intramolecular Hbond substituents is 1. The van der Waals surface area contributed by atoms with Gasteiger partial charge in [-0.3, -0.25) is 9.89 Å². The SMILES string of the molecule is COc1cccc(-c2n[nH]c3c2[C@H](c2ccc(O)c(OC)c2)N(C)C3=O)c1. The second-order valence-electron chi connectivity index (χ2n) is 6.34. The molecule has 2 N–H and O–H groups in total. The minimum atomic E-state index is -0.345. The van der Waals surface area contributed by atoms with Crippen LogP contribution in [-0.4, -0.2) is 47.4 Å². The number of H-pyrrole nitrogens is 1. The minimum Gasteiger partial charge on any atom is -0.504 e. The summed E-state index contributed by atoms with van der Waals surface area (Å²) in [5.74, 6) is 0.982. The summed E-state index contributed by atoms with van der Waals surface area (Å²) in [7, 11) is 4.85. The van der Waals surface area contributed by atoms with Crippen molar-refractivity contribution in [2.24, 2.45) is 0 Å². The molecule has 7 nitrogen and oxygen atoms in total. The first-order valence-corrected chi connectivity index (χ1v) is 8.42. The largest absolute Gasteiger partial charge is 0.504 e. The van der Waals surface area contributed by atoms with E-state index < -0.39 is 0 Å². The second-order valence-corrected chi connectivity index (χ2v) is 6.34. The van der Waals surface area contributed by atoms with E-state index >= 15 is 0 Å². The molecular weight excluding hydrogens is 346 g/mol. The number of amides is 1. The van der Waals surface area contributed by atoms with Crippen molar-refractivity contribution in [3.63, 3.8) is 0 Å². The number of hydrogen-bond acceptors (Lipinski definition) is 5. The number of phenols is 1. The lowest BCUT2D eigenvalue weighted by Gasteiger charge is -2.22. The maximum atomic E-state index is 12.7. The Hall–Kier alpha value is -3.48. The summed E-state index contributed by atoms with van der Waals surface area (Å²) in [6, 6.07) is 12.3. The highest BCUT2D eigenvalue weighted by Gasteiger charge is 2.40. The van der Waals surface area contributed by atoms with Crippen LogP contribution in [0.15, 0.2) is 42.5 Å². The molecule has 0 fully saturated rings. The predicted octanol–water partition coefficient (Wildman–Crippen LogP) is 2.97. The first kappa shape index (κ1) is 17.0. The van der Waals surface area contributed by atoms with Crippen molar-refractivity contribution >= 4 is 5.91 Å². The zero-order chi connectivity index (χ0) is 19.1. The predicted molar refractivity (Wildman–Crippen MR) is 99.2 cm³/mol. The highest BCUT2D eigenvalue weighted by molar-refractivity contribution is 6.00. The number of carbonyl (C=O) groups excluding carboxylic acids is 1. The smallest absolute Gasteiger partial charge is 0.272 e. The number of fused-ring (bicyclic) bond motifs is 1. The van der Waals surface area contributed by atoms with Crippen LogP contribution < -0.4 is 9.47 Å². The number of nitrogens with zero attached hydrogens (tertiary/aromatic N) is 2. The van der Waals surface area contributed by atoms with Crippen LogP contribution in [0.5, 0.6) is 17.2 Å². The van der Waals surface area contributed by atoms with Crippen LogP contribution in [0.25, 0.3) is 11.3 Å². The quantitative estimate of drug-likeness (QED) is 0.742.